The molecule has 0 aliphatic carbocycles. The van der Waals surface area contributed by atoms with Crippen molar-refractivity contribution < 1.29 is 4.74 Å². The van der Waals surface area contributed by atoms with Gasteiger partial charge in [0.1, 0.15) is 0 Å². The maximum Gasteiger partial charge on any atom is 0.213 e. The molecule has 0 unspecified atom stereocenters. The number of aryl methyl sites for hydroxylation is 1. The van der Waals surface area contributed by atoms with Crippen LogP contribution in [0.15, 0.2) is 12.1 Å². The molecule has 114 valence electrons. The Morgan fingerprint density at radius 1 is 1.25 bits per heavy atom. The highest BCUT2D eigenvalue weighted by Crippen LogP contribution is 2.14. The van der Waals surface area contributed by atoms with Crippen LogP contribution in [0, 0.1) is 0 Å². The van der Waals surface area contributed by atoms with Crippen molar-refractivity contribution in [2.45, 2.75) is 39.7 Å². The molecule has 0 saturated carbocycles. The first-order valence-electron chi connectivity index (χ1n) is 7.63. The smallest absolute Gasteiger partial charge is 0.213 e. The first kappa shape index (κ1) is 16.9. The molecular formula is C16H29N3O. The molecule has 1 aromatic rings. The SMILES string of the molecule is CCCc1cc(CNCC)cc(OCCCN(C)C)n1. The minimum Gasteiger partial charge on any atom is -0.478 e. The number of hydrogen-bond acceptors (Lipinski definition) is 4. The summed E-state index contributed by atoms with van der Waals surface area (Å²) in [7, 11) is 4.16. The lowest BCUT2D eigenvalue weighted by Gasteiger charge is -2.12. The van der Waals surface area contributed by atoms with Gasteiger partial charge in [-0.3, -0.25) is 0 Å². The van der Waals surface area contributed by atoms with Crippen molar-refractivity contribution in [3.63, 3.8) is 0 Å². The number of nitrogens with one attached hydrogen (secondary N) is 1. The van der Waals surface area contributed by atoms with E-state index in [0.29, 0.717) is 0 Å². The topological polar surface area (TPSA) is 37.4 Å². The average Bonchev–Trinajstić information content (AvgIpc) is 2.41. The summed E-state index contributed by atoms with van der Waals surface area (Å²) in [4.78, 5) is 6.75. The summed E-state index contributed by atoms with van der Waals surface area (Å²) in [5.74, 6) is 0.766. The lowest BCUT2D eigenvalue weighted by atomic mass is 10.1. The van der Waals surface area contributed by atoms with Crippen molar-refractivity contribution >= 4 is 0 Å². The minimum absolute atomic E-state index is 0.724. The molecule has 0 spiro atoms. The fourth-order valence-electron chi connectivity index (χ4n) is 2.01. The van der Waals surface area contributed by atoms with E-state index in [9.17, 15) is 0 Å². The van der Waals surface area contributed by atoms with E-state index in [1.54, 1.807) is 0 Å². The number of aromatic nitrogens is 1. The van der Waals surface area contributed by atoms with Crippen molar-refractivity contribution in [2.75, 3.05) is 33.8 Å². The highest BCUT2D eigenvalue weighted by atomic mass is 16.5. The molecule has 4 heteroatoms. The monoisotopic (exact) mass is 279 g/mol. The Hall–Kier alpha value is -1.13. The highest BCUT2D eigenvalue weighted by Gasteiger charge is 2.04. The third-order valence-electron chi connectivity index (χ3n) is 3.00. The minimum atomic E-state index is 0.724. The predicted octanol–water partition coefficient (Wildman–Crippen LogP) is 2.47. The summed E-state index contributed by atoms with van der Waals surface area (Å²) in [6.07, 6.45) is 3.14. The summed E-state index contributed by atoms with van der Waals surface area (Å²) in [5.41, 5.74) is 2.39. The molecule has 1 N–H and O–H groups in total. The zero-order chi connectivity index (χ0) is 14.8. The fraction of sp³-hybridized carbons (Fsp3) is 0.688. The Morgan fingerprint density at radius 2 is 2.05 bits per heavy atom. The van der Waals surface area contributed by atoms with E-state index in [4.69, 9.17) is 4.74 Å². The molecule has 0 aliphatic rings. The molecule has 0 saturated heterocycles. The van der Waals surface area contributed by atoms with Crippen LogP contribution in [0.25, 0.3) is 0 Å². The normalized spacial score (nSPS) is 11.1. The van der Waals surface area contributed by atoms with E-state index >= 15 is 0 Å². The molecule has 4 nitrogen and oxygen atoms in total. The lowest BCUT2D eigenvalue weighted by Crippen LogP contribution is -2.16. The van der Waals surface area contributed by atoms with Crippen LogP contribution in [0.4, 0.5) is 0 Å². The second-order valence-electron chi connectivity index (χ2n) is 5.34. The van der Waals surface area contributed by atoms with Crippen LogP contribution < -0.4 is 10.1 Å². The molecule has 1 heterocycles. The Bertz CT molecular complexity index is 380. The highest BCUT2D eigenvalue weighted by molar-refractivity contribution is 5.25. The summed E-state index contributed by atoms with van der Waals surface area (Å²) in [5, 5.41) is 3.35. The molecule has 0 fully saturated rings. The molecule has 0 atom stereocenters. The Balaban J connectivity index is 2.60. The molecule has 1 aromatic heterocycles. The van der Waals surface area contributed by atoms with E-state index < -0.39 is 0 Å². The van der Waals surface area contributed by atoms with Gasteiger partial charge >= 0.3 is 0 Å². The number of hydrogen-bond donors (Lipinski definition) is 1. The van der Waals surface area contributed by atoms with E-state index in [0.717, 1.165) is 57.1 Å². The molecule has 0 aromatic carbocycles. The first-order valence-corrected chi connectivity index (χ1v) is 7.63. The van der Waals surface area contributed by atoms with Gasteiger partial charge in [0, 0.05) is 24.8 Å². The maximum absolute atomic E-state index is 5.80. The number of rotatable bonds is 10. The number of ether oxygens (including phenoxy) is 1. The van der Waals surface area contributed by atoms with Crippen molar-refractivity contribution in [1.82, 2.24) is 15.2 Å². The summed E-state index contributed by atoms with van der Waals surface area (Å²) in [6, 6.07) is 4.23. The standard InChI is InChI=1S/C16H29N3O/c1-5-8-15-11-14(13-17-6-2)12-16(18-15)20-10-7-9-19(3)4/h11-12,17H,5-10,13H2,1-4H3. The van der Waals surface area contributed by atoms with Crippen molar-refractivity contribution in [1.29, 1.82) is 0 Å². The molecule has 1 rings (SSSR count). The lowest BCUT2D eigenvalue weighted by molar-refractivity contribution is 0.272. The van der Waals surface area contributed by atoms with Crippen LogP contribution in [0.5, 0.6) is 5.88 Å². The Kier molecular flexibility index (Phi) is 8.23. The number of nitrogens with zero attached hydrogens (tertiary/aromatic N) is 2. The third-order valence-corrected chi connectivity index (χ3v) is 3.00. The fourth-order valence-corrected chi connectivity index (χ4v) is 2.01. The van der Waals surface area contributed by atoms with Gasteiger partial charge in [-0.15, -0.1) is 0 Å². The van der Waals surface area contributed by atoms with Gasteiger partial charge in [0.2, 0.25) is 5.88 Å². The van der Waals surface area contributed by atoms with Gasteiger partial charge in [-0.25, -0.2) is 4.98 Å². The Morgan fingerprint density at radius 3 is 2.70 bits per heavy atom. The largest absolute Gasteiger partial charge is 0.478 e. The van der Waals surface area contributed by atoms with Crippen LogP contribution in [-0.4, -0.2) is 43.7 Å². The van der Waals surface area contributed by atoms with Crippen LogP contribution in [0.2, 0.25) is 0 Å². The van der Waals surface area contributed by atoms with Crippen LogP contribution in [-0.2, 0) is 13.0 Å². The maximum atomic E-state index is 5.80. The van der Waals surface area contributed by atoms with Gasteiger partial charge in [-0.05, 0) is 45.1 Å². The van der Waals surface area contributed by atoms with E-state index in [1.165, 1.54) is 5.56 Å². The quantitative estimate of drug-likeness (QED) is 0.668. The summed E-state index contributed by atoms with van der Waals surface area (Å²) >= 11 is 0. The average molecular weight is 279 g/mol. The molecule has 0 bridgehead atoms. The predicted molar refractivity (Wildman–Crippen MR) is 84.3 cm³/mol. The van der Waals surface area contributed by atoms with Gasteiger partial charge in [0.15, 0.2) is 0 Å². The van der Waals surface area contributed by atoms with E-state index in [-0.39, 0.29) is 0 Å². The van der Waals surface area contributed by atoms with Crippen molar-refractivity contribution in [3.8, 4) is 5.88 Å². The third kappa shape index (κ3) is 6.87. The van der Waals surface area contributed by atoms with Crippen LogP contribution >= 0.6 is 0 Å². The zero-order valence-electron chi connectivity index (χ0n) is 13.4. The van der Waals surface area contributed by atoms with Crippen LogP contribution in [0.3, 0.4) is 0 Å². The molecule has 0 amide bonds. The van der Waals surface area contributed by atoms with Gasteiger partial charge in [-0.2, -0.15) is 0 Å². The first-order chi connectivity index (χ1) is 9.65. The van der Waals surface area contributed by atoms with Crippen molar-refractivity contribution in [2.24, 2.45) is 0 Å². The summed E-state index contributed by atoms with van der Waals surface area (Å²) < 4.78 is 5.80. The van der Waals surface area contributed by atoms with Gasteiger partial charge in [0.25, 0.3) is 0 Å². The van der Waals surface area contributed by atoms with E-state index in [2.05, 4.69) is 55.3 Å². The van der Waals surface area contributed by atoms with Gasteiger partial charge in [0.05, 0.1) is 6.61 Å². The Labute approximate surface area is 123 Å². The second-order valence-corrected chi connectivity index (χ2v) is 5.34. The summed E-state index contributed by atoms with van der Waals surface area (Å²) in [6.45, 7) is 7.91. The molecule has 20 heavy (non-hydrogen) atoms. The molecular weight excluding hydrogens is 250 g/mol. The zero-order valence-corrected chi connectivity index (χ0v) is 13.4. The van der Waals surface area contributed by atoms with E-state index in [1.807, 2.05) is 0 Å². The second kappa shape index (κ2) is 9.72. The molecule has 0 aliphatic heterocycles. The molecule has 0 radical (unpaired) electrons. The number of pyridine rings is 1. The van der Waals surface area contributed by atoms with Gasteiger partial charge in [-0.1, -0.05) is 20.3 Å². The van der Waals surface area contributed by atoms with Gasteiger partial charge < -0.3 is 15.0 Å². The van der Waals surface area contributed by atoms with Crippen molar-refractivity contribution in [3.05, 3.63) is 23.4 Å². The van der Waals surface area contributed by atoms with Crippen LogP contribution in [0.1, 0.15) is 37.9 Å².